The molecule has 2 nitrogen and oxygen atoms in total. The van der Waals surface area contributed by atoms with Gasteiger partial charge in [-0.05, 0) is 62.9 Å². The first-order valence-electron chi connectivity index (χ1n) is 6.93. The molecule has 3 heteroatoms. The van der Waals surface area contributed by atoms with Crippen LogP contribution < -0.4 is 10.6 Å². The van der Waals surface area contributed by atoms with Crippen LogP contribution in [-0.2, 0) is 6.42 Å². The van der Waals surface area contributed by atoms with Gasteiger partial charge in [-0.15, -0.1) is 0 Å². The van der Waals surface area contributed by atoms with Crippen LogP contribution in [0, 0.1) is 5.82 Å². The van der Waals surface area contributed by atoms with E-state index in [9.17, 15) is 4.39 Å². The summed E-state index contributed by atoms with van der Waals surface area (Å²) in [5.74, 6) is -0.148. The Labute approximate surface area is 109 Å². The van der Waals surface area contributed by atoms with E-state index in [1.807, 2.05) is 0 Å². The van der Waals surface area contributed by atoms with Crippen molar-refractivity contribution in [1.29, 1.82) is 0 Å². The highest BCUT2D eigenvalue weighted by Crippen LogP contribution is 2.32. The van der Waals surface area contributed by atoms with Gasteiger partial charge in [-0.25, -0.2) is 4.39 Å². The third-order valence-electron chi connectivity index (χ3n) is 3.93. The minimum absolute atomic E-state index is 0.148. The molecule has 0 amide bonds. The van der Waals surface area contributed by atoms with Gasteiger partial charge >= 0.3 is 0 Å². The summed E-state index contributed by atoms with van der Waals surface area (Å²) in [5.41, 5.74) is 7.58. The molecule has 0 radical (unpaired) electrons. The second kappa shape index (κ2) is 5.70. The molecule has 1 aromatic carbocycles. The largest absolute Gasteiger partial charge is 0.366 e. The third-order valence-corrected chi connectivity index (χ3v) is 3.93. The van der Waals surface area contributed by atoms with Crippen molar-refractivity contribution < 1.29 is 4.39 Å². The van der Waals surface area contributed by atoms with E-state index >= 15 is 0 Å². The summed E-state index contributed by atoms with van der Waals surface area (Å²) in [6, 6.07) is 6.40. The molecular formula is C15H23FN2. The second-order valence-electron chi connectivity index (χ2n) is 5.25. The zero-order valence-corrected chi connectivity index (χ0v) is 11.3. The Bertz CT molecular complexity index is 405. The van der Waals surface area contributed by atoms with Crippen LogP contribution >= 0.6 is 0 Å². The highest BCUT2D eigenvalue weighted by Gasteiger charge is 2.29. The molecule has 1 fully saturated rings. The van der Waals surface area contributed by atoms with Gasteiger partial charge in [-0.1, -0.05) is 6.92 Å². The predicted molar refractivity (Wildman–Crippen MR) is 74.4 cm³/mol. The number of benzene rings is 1. The van der Waals surface area contributed by atoms with Gasteiger partial charge in [0.1, 0.15) is 5.82 Å². The van der Waals surface area contributed by atoms with Crippen LogP contribution in [0.1, 0.15) is 38.7 Å². The van der Waals surface area contributed by atoms with E-state index in [0.29, 0.717) is 18.6 Å². The van der Waals surface area contributed by atoms with Gasteiger partial charge in [0.25, 0.3) is 0 Å². The van der Waals surface area contributed by atoms with E-state index in [2.05, 4.69) is 24.8 Å². The summed E-state index contributed by atoms with van der Waals surface area (Å²) in [6.07, 6.45) is 4.26. The Morgan fingerprint density at radius 2 is 2.11 bits per heavy atom. The zero-order chi connectivity index (χ0) is 13.1. The van der Waals surface area contributed by atoms with Crippen LogP contribution in [0.15, 0.2) is 18.2 Å². The maximum absolute atomic E-state index is 13.7. The molecule has 0 spiro atoms. The molecule has 0 saturated carbocycles. The van der Waals surface area contributed by atoms with Gasteiger partial charge in [-0.2, -0.15) is 0 Å². The topological polar surface area (TPSA) is 29.3 Å². The Balaban J connectivity index is 2.31. The average Bonchev–Trinajstić information content (AvgIpc) is 2.70. The smallest absolute Gasteiger partial charge is 0.125 e. The van der Waals surface area contributed by atoms with E-state index in [1.54, 1.807) is 12.1 Å². The number of halogens is 1. The molecule has 1 aliphatic heterocycles. The number of anilines is 1. The van der Waals surface area contributed by atoms with Gasteiger partial charge in [0, 0.05) is 17.8 Å². The molecule has 1 saturated heterocycles. The Morgan fingerprint density at radius 3 is 2.78 bits per heavy atom. The first-order chi connectivity index (χ1) is 8.65. The molecule has 0 aromatic heterocycles. The average molecular weight is 250 g/mol. The normalized spacial score (nSPS) is 23.7. The molecule has 2 rings (SSSR count). The molecule has 0 aliphatic carbocycles. The Hall–Kier alpha value is -1.09. The molecule has 2 N–H and O–H groups in total. The SMILES string of the molecule is CCC1CCC(C)N1c1cc(F)cc(CCN)c1. The van der Waals surface area contributed by atoms with E-state index in [1.165, 1.54) is 12.8 Å². The summed E-state index contributed by atoms with van der Waals surface area (Å²) in [6.45, 7) is 4.99. The molecule has 1 heterocycles. The van der Waals surface area contributed by atoms with Crippen LogP contribution in [0.4, 0.5) is 10.1 Å². The molecular weight excluding hydrogens is 227 g/mol. The quantitative estimate of drug-likeness (QED) is 0.889. The van der Waals surface area contributed by atoms with Crippen molar-refractivity contribution >= 4 is 5.69 Å². The summed E-state index contributed by atoms with van der Waals surface area (Å²) in [7, 11) is 0. The van der Waals surface area contributed by atoms with Crippen LogP contribution in [0.3, 0.4) is 0 Å². The maximum Gasteiger partial charge on any atom is 0.125 e. The fraction of sp³-hybridized carbons (Fsp3) is 0.600. The highest BCUT2D eigenvalue weighted by atomic mass is 19.1. The summed E-state index contributed by atoms with van der Waals surface area (Å²) < 4.78 is 13.7. The molecule has 100 valence electrons. The molecule has 0 bridgehead atoms. The number of rotatable bonds is 4. The van der Waals surface area contributed by atoms with E-state index in [-0.39, 0.29) is 5.82 Å². The van der Waals surface area contributed by atoms with Crippen molar-refractivity contribution in [2.24, 2.45) is 5.73 Å². The Kier molecular flexibility index (Phi) is 4.23. The van der Waals surface area contributed by atoms with Gasteiger partial charge in [0.05, 0.1) is 0 Å². The maximum atomic E-state index is 13.7. The number of nitrogens with zero attached hydrogens (tertiary/aromatic N) is 1. The lowest BCUT2D eigenvalue weighted by molar-refractivity contribution is 0.608. The zero-order valence-electron chi connectivity index (χ0n) is 11.3. The van der Waals surface area contributed by atoms with Gasteiger partial charge in [0.2, 0.25) is 0 Å². The lowest BCUT2D eigenvalue weighted by Gasteiger charge is -2.30. The van der Waals surface area contributed by atoms with Crippen molar-refractivity contribution in [3.05, 3.63) is 29.6 Å². The fourth-order valence-corrected chi connectivity index (χ4v) is 3.03. The molecule has 2 atom stereocenters. The summed E-state index contributed by atoms with van der Waals surface area (Å²) >= 11 is 0. The van der Waals surface area contributed by atoms with Crippen molar-refractivity contribution in [3.8, 4) is 0 Å². The molecule has 2 unspecified atom stereocenters. The third kappa shape index (κ3) is 2.66. The molecule has 1 aromatic rings. The number of hydrogen-bond acceptors (Lipinski definition) is 2. The van der Waals surface area contributed by atoms with Crippen molar-refractivity contribution in [2.75, 3.05) is 11.4 Å². The van der Waals surface area contributed by atoms with E-state index in [0.717, 1.165) is 24.1 Å². The lowest BCUT2D eigenvalue weighted by atomic mass is 10.1. The lowest BCUT2D eigenvalue weighted by Crippen LogP contribution is -2.34. The first kappa shape index (κ1) is 13.3. The van der Waals surface area contributed by atoms with E-state index < -0.39 is 0 Å². The summed E-state index contributed by atoms with van der Waals surface area (Å²) in [4.78, 5) is 2.38. The molecule has 1 aliphatic rings. The van der Waals surface area contributed by atoms with Crippen molar-refractivity contribution in [3.63, 3.8) is 0 Å². The number of hydrogen-bond donors (Lipinski definition) is 1. The van der Waals surface area contributed by atoms with Crippen LogP contribution in [-0.4, -0.2) is 18.6 Å². The van der Waals surface area contributed by atoms with Crippen molar-refractivity contribution in [2.45, 2.75) is 51.6 Å². The van der Waals surface area contributed by atoms with Crippen LogP contribution in [0.25, 0.3) is 0 Å². The van der Waals surface area contributed by atoms with Gasteiger partial charge in [-0.3, -0.25) is 0 Å². The Morgan fingerprint density at radius 1 is 1.33 bits per heavy atom. The number of nitrogens with two attached hydrogens (primary N) is 1. The van der Waals surface area contributed by atoms with Crippen LogP contribution in [0.5, 0.6) is 0 Å². The minimum atomic E-state index is -0.148. The standard InChI is InChI=1S/C15H23FN2/c1-3-14-5-4-11(2)18(14)15-9-12(6-7-17)8-13(16)10-15/h8-11,14H,3-7,17H2,1-2H3. The summed E-state index contributed by atoms with van der Waals surface area (Å²) in [5, 5.41) is 0. The van der Waals surface area contributed by atoms with Gasteiger partial charge < -0.3 is 10.6 Å². The van der Waals surface area contributed by atoms with Crippen LogP contribution in [0.2, 0.25) is 0 Å². The highest BCUT2D eigenvalue weighted by molar-refractivity contribution is 5.52. The minimum Gasteiger partial charge on any atom is -0.366 e. The first-order valence-corrected chi connectivity index (χ1v) is 6.93. The monoisotopic (exact) mass is 250 g/mol. The van der Waals surface area contributed by atoms with Crippen molar-refractivity contribution in [1.82, 2.24) is 0 Å². The van der Waals surface area contributed by atoms with E-state index in [4.69, 9.17) is 5.73 Å². The fourth-order valence-electron chi connectivity index (χ4n) is 3.03. The second-order valence-corrected chi connectivity index (χ2v) is 5.25. The van der Waals surface area contributed by atoms with Gasteiger partial charge in [0.15, 0.2) is 0 Å². The molecule has 18 heavy (non-hydrogen) atoms. The predicted octanol–water partition coefficient (Wildman–Crippen LogP) is 3.09.